The summed E-state index contributed by atoms with van der Waals surface area (Å²) in [5.74, 6) is -1.51. The van der Waals surface area contributed by atoms with Gasteiger partial charge in [-0.15, -0.1) is 0 Å². The first-order valence-electron chi connectivity index (χ1n) is 10.8. The van der Waals surface area contributed by atoms with Gasteiger partial charge in [-0.2, -0.15) is 10.2 Å². The van der Waals surface area contributed by atoms with Crippen molar-refractivity contribution in [3.8, 4) is 22.7 Å². The van der Waals surface area contributed by atoms with Crippen LogP contribution < -0.4 is 15.5 Å². The Bertz CT molecular complexity index is 1330. The van der Waals surface area contributed by atoms with Crippen molar-refractivity contribution in [1.82, 2.24) is 15.2 Å². The van der Waals surface area contributed by atoms with E-state index in [4.69, 9.17) is 4.74 Å². The molecule has 1 aromatic heterocycles. The molecule has 0 aliphatic heterocycles. The van der Waals surface area contributed by atoms with Crippen molar-refractivity contribution in [3.05, 3.63) is 96.4 Å². The Balaban J connectivity index is 1.48. The molecule has 1 heterocycles. The number of carbonyl (C=O) groups excluding carboxylic acids is 2. The van der Waals surface area contributed by atoms with Crippen molar-refractivity contribution in [2.24, 2.45) is 5.10 Å². The minimum absolute atomic E-state index is 0.364. The van der Waals surface area contributed by atoms with Gasteiger partial charge in [-0.1, -0.05) is 18.2 Å². The second kappa shape index (κ2) is 10.9. The van der Waals surface area contributed by atoms with Crippen LogP contribution in [-0.4, -0.2) is 34.4 Å². The van der Waals surface area contributed by atoms with Gasteiger partial charge < -0.3 is 10.1 Å². The molecule has 2 N–H and O–H groups in total. The summed E-state index contributed by atoms with van der Waals surface area (Å²) in [4.78, 5) is 24.4. The third kappa shape index (κ3) is 5.97. The van der Waals surface area contributed by atoms with Gasteiger partial charge in [0.2, 0.25) is 0 Å². The monoisotopic (exact) mass is 471 g/mol. The quantitative estimate of drug-likeness (QED) is 0.240. The zero-order valence-electron chi connectivity index (χ0n) is 18.8. The summed E-state index contributed by atoms with van der Waals surface area (Å²) in [5.41, 5.74) is 5.24. The number of anilines is 1. The summed E-state index contributed by atoms with van der Waals surface area (Å²) >= 11 is 0. The third-order valence-electron chi connectivity index (χ3n) is 4.88. The Morgan fingerprint density at radius 1 is 1.00 bits per heavy atom. The Morgan fingerprint density at radius 3 is 2.40 bits per heavy atom. The molecule has 8 nitrogen and oxygen atoms in total. The number of hydrogen-bond acceptors (Lipinski definition) is 5. The maximum Gasteiger partial charge on any atom is 0.329 e. The number of amides is 2. The van der Waals surface area contributed by atoms with Gasteiger partial charge in [0.05, 0.1) is 18.5 Å². The average Bonchev–Trinajstić information content (AvgIpc) is 3.30. The SMILES string of the molecule is CCOc1ccc(NC(=O)C(=O)N/N=C/c2cn(-c3ccccc3)nc2-c2ccc(F)cc2)cc1. The largest absolute Gasteiger partial charge is 0.494 e. The Kier molecular flexibility index (Phi) is 7.27. The molecule has 0 aliphatic rings. The third-order valence-corrected chi connectivity index (χ3v) is 4.88. The molecule has 0 aliphatic carbocycles. The van der Waals surface area contributed by atoms with E-state index >= 15 is 0 Å². The number of para-hydroxylation sites is 1. The van der Waals surface area contributed by atoms with Crippen molar-refractivity contribution < 1.29 is 18.7 Å². The van der Waals surface area contributed by atoms with E-state index in [0.29, 0.717) is 34.9 Å². The summed E-state index contributed by atoms with van der Waals surface area (Å²) in [5, 5.41) is 11.0. The Hall–Kier alpha value is -4.79. The first-order chi connectivity index (χ1) is 17.0. The fourth-order valence-electron chi connectivity index (χ4n) is 3.23. The number of aromatic nitrogens is 2. The second-order valence-electron chi connectivity index (χ2n) is 7.33. The van der Waals surface area contributed by atoms with Crippen molar-refractivity contribution in [2.75, 3.05) is 11.9 Å². The zero-order valence-corrected chi connectivity index (χ0v) is 18.8. The standard InChI is InChI=1S/C26H22FN5O3/c1-2-35-23-14-12-21(13-15-23)29-25(33)26(34)30-28-16-19-17-32(22-6-4-3-5-7-22)31-24(19)18-8-10-20(27)11-9-18/h3-17H,2H2,1H3,(H,29,33)(H,30,34)/b28-16+. The summed E-state index contributed by atoms with van der Waals surface area (Å²) < 4.78 is 20.4. The molecule has 35 heavy (non-hydrogen) atoms. The number of hydrazone groups is 1. The van der Waals surface area contributed by atoms with Crippen LogP contribution in [0.25, 0.3) is 16.9 Å². The molecule has 0 saturated carbocycles. The van der Waals surface area contributed by atoms with Crippen LogP contribution in [0.3, 0.4) is 0 Å². The van der Waals surface area contributed by atoms with Crippen molar-refractivity contribution in [3.63, 3.8) is 0 Å². The highest BCUT2D eigenvalue weighted by Crippen LogP contribution is 2.23. The highest BCUT2D eigenvalue weighted by Gasteiger charge is 2.14. The molecule has 0 fully saturated rings. The minimum Gasteiger partial charge on any atom is -0.494 e. The van der Waals surface area contributed by atoms with Crippen molar-refractivity contribution >= 4 is 23.7 Å². The van der Waals surface area contributed by atoms with E-state index in [9.17, 15) is 14.0 Å². The fraction of sp³-hybridized carbons (Fsp3) is 0.0769. The van der Waals surface area contributed by atoms with E-state index in [-0.39, 0.29) is 5.82 Å². The number of nitrogens with one attached hydrogen (secondary N) is 2. The lowest BCUT2D eigenvalue weighted by atomic mass is 10.1. The predicted octanol–water partition coefficient (Wildman–Crippen LogP) is 4.17. The highest BCUT2D eigenvalue weighted by molar-refractivity contribution is 6.39. The molecule has 0 bridgehead atoms. The lowest BCUT2D eigenvalue weighted by molar-refractivity contribution is -0.136. The maximum atomic E-state index is 13.4. The van der Waals surface area contributed by atoms with Gasteiger partial charge in [0, 0.05) is 23.0 Å². The van der Waals surface area contributed by atoms with Crippen molar-refractivity contribution in [2.45, 2.75) is 6.92 Å². The fourth-order valence-corrected chi connectivity index (χ4v) is 3.23. The maximum absolute atomic E-state index is 13.4. The molecule has 0 radical (unpaired) electrons. The summed E-state index contributed by atoms with van der Waals surface area (Å²) in [7, 11) is 0. The van der Waals surface area contributed by atoms with Crippen LogP contribution in [0, 0.1) is 5.82 Å². The van der Waals surface area contributed by atoms with E-state index in [1.165, 1.54) is 18.3 Å². The van der Waals surface area contributed by atoms with Crippen LogP contribution in [-0.2, 0) is 9.59 Å². The number of rotatable bonds is 7. The van der Waals surface area contributed by atoms with Gasteiger partial charge in [0.15, 0.2) is 0 Å². The van der Waals surface area contributed by atoms with Gasteiger partial charge in [0.25, 0.3) is 0 Å². The van der Waals surface area contributed by atoms with Gasteiger partial charge in [-0.25, -0.2) is 14.5 Å². The molecule has 0 spiro atoms. The molecule has 176 valence electrons. The van der Waals surface area contributed by atoms with E-state index in [1.807, 2.05) is 37.3 Å². The van der Waals surface area contributed by atoms with Gasteiger partial charge >= 0.3 is 11.8 Å². The molecule has 0 saturated heterocycles. The lowest BCUT2D eigenvalue weighted by Crippen LogP contribution is -2.32. The first kappa shape index (κ1) is 23.4. The molecule has 2 amide bonds. The number of nitrogens with zero attached hydrogens (tertiary/aromatic N) is 3. The van der Waals surface area contributed by atoms with Gasteiger partial charge in [0.1, 0.15) is 17.3 Å². The molecule has 0 unspecified atom stereocenters. The van der Waals surface area contributed by atoms with Crippen LogP contribution in [0.15, 0.2) is 90.2 Å². The Morgan fingerprint density at radius 2 is 1.71 bits per heavy atom. The summed E-state index contributed by atoms with van der Waals surface area (Å²) in [6.07, 6.45) is 3.11. The normalized spacial score (nSPS) is 10.8. The van der Waals surface area contributed by atoms with Gasteiger partial charge in [-0.3, -0.25) is 9.59 Å². The number of ether oxygens (including phenoxy) is 1. The van der Waals surface area contributed by atoms with E-state index in [0.717, 1.165) is 5.69 Å². The van der Waals surface area contributed by atoms with Crippen molar-refractivity contribution in [1.29, 1.82) is 0 Å². The molecular weight excluding hydrogens is 449 g/mol. The Labute approximate surface area is 201 Å². The average molecular weight is 471 g/mol. The summed E-state index contributed by atoms with van der Waals surface area (Å²) in [6, 6.07) is 22.0. The predicted molar refractivity (Wildman–Crippen MR) is 131 cm³/mol. The minimum atomic E-state index is -0.936. The lowest BCUT2D eigenvalue weighted by Gasteiger charge is -2.06. The molecular formula is C26H22FN5O3. The first-order valence-corrected chi connectivity index (χ1v) is 10.8. The topological polar surface area (TPSA) is 97.6 Å². The van der Waals surface area contributed by atoms with Crippen LogP contribution in [0.1, 0.15) is 12.5 Å². The smallest absolute Gasteiger partial charge is 0.329 e. The number of halogens is 1. The zero-order chi connectivity index (χ0) is 24.6. The van der Waals surface area contributed by atoms with Crippen LogP contribution in [0.2, 0.25) is 0 Å². The van der Waals surface area contributed by atoms with E-state index < -0.39 is 11.8 Å². The second-order valence-corrected chi connectivity index (χ2v) is 7.33. The molecule has 4 rings (SSSR count). The van der Waals surface area contributed by atoms with Crippen LogP contribution in [0.5, 0.6) is 5.75 Å². The van der Waals surface area contributed by atoms with Crippen LogP contribution in [0.4, 0.5) is 10.1 Å². The molecule has 9 heteroatoms. The number of carbonyl (C=O) groups is 2. The molecule has 4 aromatic rings. The molecule has 0 atom stereocenters. The highest BCUT2D eigenvalue weighted by atomic mass is 19.1. The van der Waals surface area contributed by atoms with Crippen LogP contribution >= 0.6 is 0 Å². The van der Waals surface area contributed by atoms with E-state index in [2.05, 4.69) is 20.9 Å². The molecule has 3 aromatic carbocycles. The summed E-state index contributed by atoms with van der Waals surface area (Å²) in [6.45, 7) is 2.40. The number of hydrogen-bond donors (Lipinski definition) is 2. The number of benzene rings is 3. The van der Waals surface area contributed by atoms with E-state index in [1.54, 1.807) is 47.3 Å². The van der Waals surface area contributed by atoms with Gasteiger partial charge in [-0.05, 0) is 67.6 Å².